The highest BCUT2D eigenvalue weighted by Crippen LogP contribution is 2.46. The fraction of sp³-hybridized carbons (Fsp3) is 0.350. The Morgan fingerprint density at radius 2 is 1.79 bits per heavy atom. The lowest BCUT2D eigenvalue weighted by molar-refractivity contribution is 0.0548. The maximum Gasteiger partial charge on any atom is 0.336 e. The van der Waals surface area contributed by atoms with Gasteiger partial charge in [0.2, 0.25) is 0 Å². The summed E-state index contributed by atoms with van der Waals surface area (Å²) >= 11 is 0. The van der Waals surface area contributed by atoms with Gasteiger partial charge in [0.25, 0.3) is 0 Å². The third-order valence-corrected chi connectivity index (χ3v) is 5.25. The van der Waals surface area contributed by atoms with Gasteiger partial charge < -0.3 is 14.9 Å². The normalized spacial score (nSPS) is 19.5. The number of rotatable bonds is 2. The highest BCUT2D eigenvalue weighted by Gasteiger charge is 2.38. The summed E-state index contributed by atoms with van der Waals surface area (Å²) in [5.74, 6) is 0.150. The molecule has 2 N–H and O–H groups in total. The molecule has 0 aliphatic carbocycles. The summed E-state index contributed by atoms with van der Waals surface area (Å²) in [6, 6.07) is 7.00. The van der Waals surface area contributed by atoms with E-state index in [1.165, 1.54) is 0 Å². The predicted molar refractivity (Wildman–Crippen MR) is 92.0 cm³/mol. The van der Waals surface area contributed by atoms with E-state index in [9.17, 15) is 15.0 Å². The molecular weight excluding hydrogens is 304 g/mol. The Labute approximate surface area is 141 Å². The Morgan fingerprint density at radius 1 is 1.12 bits per heavy atom. The van der Waals surface area contributed by atoms with Crippen molar-refractivity contribution in [3.8, 4) is 11.5 Å². The van der Waals surface area contributed by atoms with Crippen molar-refractivity contribution in [2.24, 2.45) is 0 Å². The van der Waals surface area contributed by atoms with Gasteiger partial charge in [-0.05, 0) is 63.3 Å². The highest BCUT2D eigenvalue weighted by atomic mass is 16.5. The van der Waals surface area contributed by atoms with Gasteiger partial charge in [0.1, 0.15) is 17.1 Å². The van der Waals surface area contributed by atoms with Crippen LogP contribution in [-0.2, 0) is 12.0 Å². The van der Waals surface area contributed by atoms with Crippen LogP contribution in [0.2, 0.25) is 0 Å². The average molecular weight is 326 g/mol. The smallest absolute Gasteiger partial charge is 0.336 e. The molecule has 0 saturated carbocycles. The van der Waals surface area contributed by atoms with Crippen molar-refractivity contribution in [3.63, 3.8) is 0 Å². The molecule has 1 aliphatic rings. The quantitative estimate of drug-likeness (QED) is 0.865. The van der Waals surface area contributed by atoms with E-state index in [0.717, 1.165) is 34.4 Å². The minimum atomic E-state index is -0.948. The summed E-state index contributed by atoms with van der Waals surface area (Å²) in [5, 5.41) is 19.8. The van der Waals surface area contributed by atoms with E-state index in [2.05, 4.69) is 0 Å². The standard InChI is InChI=1S/C20H22O4/c1-11-12(2)18-14(13(3)17(11)21)9-10-20(4,24-18)16-8-6-5-7-15(16)19(22)23/h5-8,21H,9-10H2,1-4H3,(H,22,23). The molecule has 0 saturated heterocycles. The summed E-state index contributed by atoms with van der Waals surface area (Å²) in [4.78, 5) is 11.6. The van der Waals surface area contributed by atoms with Gasteiger partial charge in [0, 0.05) is 11.1 Å². The zero-order chi connectivity index (χ0) is 17.6. The van der Waals surface area contributed by atoms with Crippen LogP contribution in [0, 0.1) is 20.8 Å². The van der Waals surface area contributed by atoms with Crippen LogP contribution >= 0.6 is 0 Å². The fourth-order valence-corrected chi connectivity index (χ4v) is 3.57. The van der Waals surface area contributed by atoms with Gasteiger partial charge in [-0.25, -0.2) is 4.79 Å². The molecule has 24 heavy (non-hydrogen) atoms. The number of benzene rings is 2. The lowest BCUT2D eigenvalue weighted by atomic mass is 9.82. The number of phenolic OH excluding ortho intramolecular Hbond substituents is 1. The maximum atomic E-state index is 11.6. The Bertz CT molecular complexity index is 838. The number of hydrogen-bond donors (Lipinski definition) is 2. The van der Waals surface area contributed by atoms with Crippen LogP contribution in [-0.4, -0.2) is 16.2 Å². The Kier molecular flexibility index (Phi) is 3.78. The molecule has 2 aromatic carbocycles. The van der Waals surface area contributed by atoms with E-state index in [1.807, 2.05) is 39.8 Å². The maximum absolute atomic E-state index is 11.6. The van der Waals surface area contributed by atoms with Crippen LogP contribution in [0.1, 0.15) is 51.5 Å². The number of phenols is 1. The molecule has 0 spiro atoms. The van der Waals surface area contributed by atoms with E-state index >= 15 is 0 Å². The van der Waals surface area contributed by atoms with Gasteiger partial charge >= 0.3 is 5.97 Å². The Hall–Kier alpha value is -2.49. The zero-order valence-corrected chi connectivity index (χ0v) is 14.4. The molecule has 126 valence electrons. The number of aromatic hydroxyl groups is 1. The largest absolute Gasteiger partial charge is 0.507 e. The first-order valence-electron chi connectivity index (χ1n) is 8.09. The van der Waals surface area contributed by atoms with Crippen LogP contribution in [0.3, 0.4) is 0 Å². The molecule has 4 nitrogen and oxygen atoms in total. The molecular formula is C20H22O4. The van der Waals surface area contributed by atoms with Gasteiger partial charge in [-0.1, -0.05) is 18.2 Å². The van der Waals surface area contributed by atoms with Crippen LogP contribution in [0.4, 0.5) is 0 Å². The zero-order valence-electron chi connectivity index (χ0n) is 14.4. The second-order valence-electron chi connectivity index (χ2n) is 6.71. The van der Waals surface area contributed by atoms with E-state index in [0.29, 0.717) is 17.7 Å². The summed E-state index contributed by atoms with van der Waals surface area (Å²) < 4.78 is 6.37. The van der Waals surface area contributed by atoms with E-state index in [-0.39, 0.29) is 5.56 Å². The first-order chi connectivity index (χ1) is 11.3. The number of fused-ring (bicyclic) bond motifs is 1. The predicted octanol–water partition coefficient (Wildman–Crippen LogP) is 4.26. The number of hydrogen-bond acceptors (Lipinski definition) is 3. The van der Waals surface area contributed by atoms with E-state index in [4.69, 9.17) is 4.74 Å². The molecule has 1 atom stereocenters. The SMILES string of the molecule is Cc1c(C)c2c(c(C)c1O)CCC(C)(c1ccccc1C(=O)O)O2. The van der Waals surface area contributed by atoms with Crippen LogP contribution in [0.25, 0.3) is 0 Å². The fourth-order valence-electron chi connectivity index (χ4n) is 3.57. The third kappa shape index (κ3) is 2.33. The molecule has 1 aliphatic heterocycles. The average Bonchev–Trinajstić information content (AvgIpc) is 2.58. The van der Waals surface area contributed by atoms with Crippen molar-refractivity contribution in [1.29, 1.82) is 0 Å². The first kappa shape index (κ1) is 16.4. The summed E-state index contributed by atoms with van der Waals surface area (Å²) in [6.45, 7) is 7.65. The van der Waals surface area contributed by atoms with Crippen molar-refractivity contribution in [1.82, 2.24) is 0 Å². The van der Waals surface area contributed by atoms with Crippen molar-refractivity contribution >= 4 is 5.97 Å². The molecule has 0 aromatic heterocycles. The van der Waals surface area contributed by atoms with Gasteiger partial charge in [0.15, 0.2) is 0 Å². The van der Waals surface area contributed by atoms with Gasteiger partial charge in [0.05, 0.1) is 5.56 Å². The number of carboxylic acids is 1. The summed E-state index contributed by atoms with van der Waals surface area (Å²) in [7, 11) is 0. The summed E-state index contributed by atoms with van der Waals surface area (Å²) in [5.41, 5.74) is 3.83. The van der Waals surface area contributed by atoms with E-state index in [1.54, 1.807) is 12.1 Å². The molecule has 0 radical (unpaired) electrons. The van der Waals surface area contributed by atoms with Crippen molar-refractivity contribution in [2.45, 2.75) is 46.1 Å². The minimum Gasteiger partial charge on any atom is -0.507 e. The van der Waals surface area contributed by atoms with Crippen molar-refractivity contribution in [3.05, 3.63) is 57.6 Å². The minimum absolute atomic E-state index is 0.272. The Balaban J connectivity index is 2.15. The lowest BCUT2D eigenvalue weighted by Gasteiger charge is -2.38. The second kappa shape index (κ2) is 5.55. The highest BCUT2D eigenvalue weighted by molar-refractivity contribution is 5.89. The van der Waals surface area contributed by atoms with Gasteiger partial charge in [-0.3, -0.25) is 0 Å². The number of ether oxygens (including phenoxy) is 1. The molecule has 3 rings (SSSR count). The van der Waals surface area contributed by atoms with Gasteiger partial charge in [-0.2, -0.15) is 0 Å². The third-order valence-electron chi connectivity index (χ3n) is 5.25. The monoisotopic (exact) mass is 326 g/mol. The molecule has 2 aromatic rings. The van der Waals surface area contributed by atoms with Gasteiger partial charge in [-0.15, -0.1) is 0 Å². The van der Waals surface area contributed by atoms with Crippen LogP contribution < -0.4 is 4.74 Å². The number of carbonyl (C=O) groups is 1. The molecule has 1 heterocycles. The van der Waals surface area contributed by atoms with Crippen LogP contribution in [0.5, 0.6) is 11.5 Å². The van der Waals surface area contributed by atoms with Crippen LogP contribution in [0.15, 0.2) is 24.3 Å². The van der Waals surface area contributed by atoms with Crippen molar-refractivity contribution < 1.29 is 19.7 Å². The molecule has 0 bridgehead atoms. The number of aromatic carboxylic acids is 1. The first-order valence-corrected chi connectivity index (χ1v) is 8.09. The molecule has 0 fully saturated rings. The van der Waals surface area contributed by atoms with E-state index < -0.39 is 11.6 Å². The molecule has 0 amide bonds. The number of carboxylic acid groups (broad SMARTS) is 1. The molecule has 1 unspecified atom stereocenters. The van der Waals surface area contributed by atoms with Crippen molar-refractivity contribution in [2.75, 3.05) is 0 Å². The lowest BCUT2D eigenvalue weighted by Crippen LogP contribution is -2.36. The molecule has 4 heteroatoms. The Morgan fingerprint density at radius 3 is 2.46 bits per heavy atom. The topological polar surface area (TPSA) is 66.8 Å². The summed E-state index contributed by atoms with van der Waals surface area (Å²) in [6.07, 6.45) is 1.40. The second-order valence-corrected chi connectivity index (χ2v) is 6.71.